The van der Waals surface area contributed by atoms with E-state index >= 15 is 0 Å². The fraction of sp³-hybridized carbons (Fsp3) is 0.429. The largest absolute Gasteiger partial charge is 0.391 e. The van der Waals surface area contributed by atoms with Gasteiger partial charge in [0, 0.05) is 0 Å². The maximum absolute atomic E-state index is 11.3. The number of aliphatic hydroxyl groups is 1. The van der Waals surface area contributed by atoms with Gasteiger partial charge in [-0.05, 0) is 6.92 Å². The van der Waals surface area contributed by atoms with Gasteiger partial charge in [-0.1, -0.05) is 11.6 Å². The number of rotatable bonds is 4. The number of nitrogens with one attached hydrogen (secondary N) is 1. The minimum atomic E-state index is -0.638. The fourth-order valence-corrected chi connectivity index (χ4v) is 1.42. The van der Waals surface area contributed by atoms with Crippen molar-refractivity contribution in [3.63, 3.8) is 0 Å². The van der Waals surface area contributed by atoms with E-state index in [0.717, 1.165) is 11.3 Å². The van der Waals surface area contributed by atoms with Gasteiger partial charge in [-0.25, -0.2) is 10.5 Å². The molecule has 0 bridgehead atoms. The quantitative estimate of drug-likeness (QED) is 0.760. The second-order valence-corrected chi connectivity index (χ2v) is 4.02. The van der Waals surface area contributed by atoms with Gasteiger partial charge in [0.2, 0.25) is 0 Å². The van der Waals surface area contributed by atoms with E-state index in [0.29, 0.717) is 4.34 Å². The monoisotopic (exact) mass is 236 g/mol. The highest BCUT2D eigenvalue weighted by Gasteiger charge is 2.13. The summed E-state index contributed by atoms with van der Waals surface area (Å²) in [6, 6.07) is 0. The van der Waals surface area contributed by atoms with Crippen LogP contribution in [0.2, 0.25) is 4.34 Å². The molecule has 1 aromatic heterocycles. The first-order valence-corrected chi connectivity index (χ1v) is 5.06. The molecular formula is C7H9ClN2O3S. The van der Waals surface area contributed by atoms with Crippen LogP contribution in [0, 0.1) is 0 Å². The molecule has 0 radical (unpaired) electrons. The van der Waals surface area contributed by atoms with Crippen LogP contribution < -0.4 is 5.48 Å². The van der Waals surface area contributed by atoms with Gasteiger partial charge < -0.3 is 5.11 Å². The standard InChI is InChI=1S/C7H9ClN2O3S/c1-4(11)2-13-10-7(12)5-6(8)14-3-9-5/h3-4,11H,2H2,1H3,(H,10,12)/t4-/m0/s1. The zero-order valence-corrected chi connectivity index (χ0v) is 8.93. The second kappa shape index (κ2) is 5.26. The van der Waals surface area contributed by atoms with Gasteiger partial charge in [0.15, 0.2) is 5.69 Å². The Kier molecular flexibility index (Phi) is 4.27. The van der Waals surface area contributed by atoms with E-state index in [1.807, 2.05) is 0 Å². The van der Waals surface area contributed by atoms with Crippen LogP contribution in [0.3, 0.4) is 0 Å². The number of hydrogen-bond donors (Lipinski definition) is 2. The first-order valence-electron chi connectivity index (χ1n) is 3.80. The van der Waals surface area contributed by atoms with Crippen LogP contribution in [0.5, 0.6) is 0 Å². The lowest BCUT2D eigenvalue weighted by Crippen LogP contribution is -2.27. The Morgan fingerprint density at radius 1 is 1.93 bits per heavy atom. The summed E-state index contributed by atoms with van der Waals surface area (Å²) in [6.07, 6.45) is -0.638. The molecule has 78 valence electrons. The van der Waals surface area contributed by atoms with Gasteiger partial charge in [0.1, 0.15) is 10.9 Å². The normalized spacial score (nSPS) is 12.5. The minimum absolute atomic E-state index is 0.0213. The molecule has 0 saturated carbocycles. The van der Waals surface area contributed by atoms with Crippen LogP contribution in [-0.2, 0) is 4.84 Å². The van der Waals surface area contributed by atoms with Gasteiger partial charge in [0.25, 0.3) is 5.91 Å². The zero-order chi connectivity index (χ0) is 10.6. The molecule has 0 aliphatic heterocycles. The van der Waals surface area contributed by atoms with Gasteiger partial charge in [0.05, 0.1) is 11.6 Å². The predicted molar refractivity (Wildman–Crippen MR) is 52.2 cm³/mol. The summed E-state index contributed by atoms with van der Waals surface area (Å²) in [5, 5.41) is 8.83. The Labute approximate surface area is 89.6 Å². The van der Waals surface area contributed by atoms with Crippen LogP contribution in [-0.4, -0.2) is 28.7 Å². The molecule has 0 fully saturated rings. The van der Waals surface area contributed by atoms with Gasteiger partial charge in [-0.3, -0.25) is 9.63 Å². The van der Waals surface area contributed by atoms with E-state index < -0.39 is 12.0 Å². The molecule has 7 heteroatoms. The highest BCUT2D eigenvalue weighted by molar-refractivity contribution is 7.14. The van der Waals surface area contributed by atoms with E-state index in [1.165, 1.54) is 5.51 Å². The number of hydroxylamine groups is 1. The summed E-state index contributed by atoms with van der Waals surface area (Å²) in [5.41, 5.74) is 3.71. The van der Waals surface area contributed by atoms with Crippen molar-refractivity contribution in [2.24, 2.45) is 0 Å². The SMILES string of the molecule is C[C@H](O)CONC(=O)c1ncsc1Cl. The molecule has 1 rings (SSSR count). The number of carbonyl (C=O) groups excluding carboxylic acids is 1. The summed E-state index contributed by atoms with van der Waals surface area (Å²) < 4.78 is 0.308. The van der Waals surface area contributed by atoms with Crippen molar-refractivity contribution in [1.82, 2.24) is 10.5 Å². The molecule has 1 heterocycles. The van der Waals surface area contributed by atoms with Crippen LogP contribution in [0.25, 0.3) is 0 Å². The fourth-order valence-electron chi connectivity index (χ4n) is 0.656. The molecule has 0 aliphatic rings. The maximum atomic E-state index is 11.3. The Morgan fingerprint density at radius 3 is 3.14 bits per heavy atom. The topological polar surface area (TPSA) is 71.5 Å². The van der Waals surface area contributed by atoms with Crippen molar-refractivity contribution in [1.29, 1.82) is 0 Å². The lowest BCUT2D eigenvalue weighted by molar-refractivity contribution is -0.00708. The molecule has 0 saturated heterocycles. The van der Waals surface area contributed by atoms with Gasteiger partial charge in [-0.2, -0.15) is 0 Å². The number of nitrogens with zero attached hydrogens (tertiary/aromatic N) is 1. The molecular weight excluding hydrogens is 228 g/mol. The molecule has 1 atom stereocenters. The van der Waals surface area contributed by atoms with E-state index in [2.05, 4.69) is 10.5 Å². The minimum Gasteiger partial charge on any atom is -0.391 e. The molecule has 0 unspecified atom stereocenters. The number of aromatic nitrogens is 1. The number of halogens is 1. The first kappa shape index (κ1) is 11.4. The lowest BCUT2D eigenvalue weighted by atomic mass is 10.4. The van der Waals surface area contributed by atoms with Crippen molar-refractivity contribution in [2.75, 3.05) is 6.61 Å². The molecule has 0 spiro atoms. The third kappa shape index (κ3) is 3.22. The number of thiazole rings is 1. The highest BCUT2D eigenvalue weighted by Crippen LogP contribution is 2.19. The Balaban J connectivity index is 2.40. The van der Waals surface area contributed by atoms with E-state index in [9.17, 15) is 4.79 Å². The molecule has 2 N–H and O–H groups in total. The van der Waals surface area contributed by atoms with Crippen LogP contribution in [0.15, 0.2) is 5.51 Å². The zero-order valence-electron chi connectivity index (χ0n) is 7.36. The number of aliphatic hydroxyl groups excluding tert-OH is 1. The summed E-state index contributed by atoms with van der Waals surface area (Å²) in [4.78, 5) is 19.7. The molecule has 1 aromatic rings. The van der Waals surface area contributed by atoms with Crippen LogP contribution >= 0.6 is 22.9 Å². The molecule has 0 aromatic carbocycles. The molecule has 14 heavy (non-hydrogen) atoms. The van der Waals surface area contributed by atoms with Crippen molar-refractivity contribution in [2.45, 2.75) is 13.0 Å². The Hall–Kier alpha value is -0.690. The van der Waals surface area contributed by atoms with Gasteiger partial charge in [-0.15, -0.1) is 11.3 Å². The van der Waals surface area contributed by atoms with Gasteiger partial charge >= 0.3 is 0 Å². The number of carbonyl (C=O) groups is 1. The average Bonchev–Trinajstić information content (AvgIpc) is 2.50. The van der Waals surface area contributed by atoms with Crippen LogP contribution in [0.4, 0.5) is 0 Å². The van der Waals surface area contributed by atoms with Crippen molar-refractivity contribution in [3.05, 3.63) is 15.5 Å². The third-order valence-corrected chi connectivity index (χ3v) is 2.29. The van der Waals surface area contributed by atoms with Crippen LogP contribution in [0.1, 0.15) is 17.4 Å². The Morgan fingerprint density at radius 2 is 2.64 bits per heavy atom. The van der Waals surface area contributed by atoms with Crippen molar-refractivity contribution < 1.29 is 14.7 Å². The molecule has 0 aliphatic carbocycles. The summed E-state index contributed by atoms with van der Waals surface area (Å²) >= 11 is 6.83. The van der Waals surface area contributed by atoms with Crippen molar-refractivity contribution >= 4 is 28.8 Å². The van der Waals surface area contributed by atoms with E-state index in [4.69, 9.17) is 21.5 Å². The average molecular weight is 237 g/mol. The second-order valence-electron chi connectivity index (χ2n) is 2.57. The smallest absolute Gasteiger partial charge is 0.295 e. The summed E-state index contributed by atoms with van der Waals surface area (Å²) in [7, 11) is 0. The van der Waals surface area contributed by atoms with E-state index in [1.54, 1.807) is 6.92 Å². The lowest BCUT2D eigenvalue weighted by Gasteiger charge is -2.05. The third-order valence-electron chi connectivity index (χ3n) is 1.23. The maximum Gasteiger partial charge on any atom is 0.295 e. The number of hydrogen-bond acceptors (Lipinski definition) is 5. The first-order chi connectivity index (χ1) is 6.61. The predicted octanol–water partition coefficient (Wildman–Crippen LogP) is 0.839. The highest BCUT2D eigenvalue weighted by atomic mass is 35.5. The summed E-state index contributed by atoms with van der Waals surface area (Å²) in [5.74, 6) is -0.517. The van der Waals surface area contributed by atoms with E-state index in [-0.39, 0.29) is 12.3 Å². The Bertz CT molecular complexity index is 316. The van der Waals surface area contributed by atoms with Crippen molar-refractivity contribution in [3.8, 4) is 0 Å². The summed E-state index contributed by atoms with van der Waals surface area (Å²) in [6.45, 7) is 1.56. The molecule has 1 amide bonds. The molecule has 5 nitrogen and oxygen atoms in total. The number of amides is 1.